The van der Waals surface area contributed by atoms with Crippen molar-refractivity contribution >= 4 is 40.2 Å². The number of piperidine rings is 1. The van der Waals surface area contributed by atoms with E-state index in [4.69, 9.17) is 11.6 Å². The Morgan fingerprint density at radius 2 is 1.88 bits per heavy atom. The zero-order chi connectivity index (χ0) is 18.8. The molecule has 2 aromatic rings. The van der Waals surface area contributed by atoms with Gasteiger partial charge in [0.05, 0.1) is 16.2 Å². The second-order valence-electron chi connectivity index (χ2n) is 6.97. The maximum absolute atomic E-state index is 12.9. The van der Waals surface area contributed by atoms with Gasteiger partial charge in [-0.2, -0.15) is 0 Å². The second kappa shape index (κ2) is 8.01. The van der Waals surface area contributed by atoms with Crippen molar-refractivity contribution in [3.63, 3.8) is 0 Å². The summed E-state index contributed by atoms with van der Waals surface area (Å²) in [5.74, 6) is 0.116. The molecule has 7 heteroatoms. The van der Waals surface area contributed by atoms with E-state index in [1.165, 1.54) is 18.2 Å². The fraction of sp³-hybridized carbons (Fsp3) is 0.526. The summed E-state index contributed by atoms with van der Waals surface area (Å²) in [6.45, 7) is 7.43. The van der Waals surface area contributed by atoms with Gasteiger partial charge >= 0.3 is 0 Å². The number of hydrogen-bond acceptors (Lipinski definition) is 4. The van der Waals surface area contributed by atoms with Crippen LogP contribution in [0.2, 0.25) is 5.02 Å². The first-order chi connectivity index (χ1) is 12.4. The molecule has 2 heterocycles. The highest BCUT2D eigenvalue weighted by Gasteiger charge is 2.25. The largest absolute Gasteiger partial charge is 0.342 e. The van der Waals surface area contributed by atoms with Crippen LogP contribution in [-0.2, 0) is 4.79 Å². The summed E-state index contributed by atoms with van der Waals surface area (Å²) in [7, 11) is 0. The third-order valence-electron chi connectivity index (χ3n) is 4.65. The molecule has 0 spiro atoms. The number of fused-ring (bicyclic) bond motifs is 1. The molecule has 1 fully saturated rings. The van der Waals surface area contributed by atoms with E-state index in [2.05, 4.69) is 4.98 Å². The van der Waals surface area contributed by atoms with Gasteiger partial charge < -0.3 is 4.90 Å². The molecule has 1 atom stereocenters. The highest BCUT2D eigenvalue weighted by molar-refractivity contribution is 8.00. The molecule has 1 aromatic carbocycles. The van der Waals surface area contributed by atoms with Crippen LogP contribution < -0.4 is 5.56 Å². The molecule has 1 aromatic heterocycles. The summed E-state index contributed by atoms with van der Waals surface area (Å²) in [6.07, 6.45) is 3.31. The van der Waals surface area contributed by atoms with E-state index in [0.717, 1.165) is 25.9 Å². The van der Waals surface area contributed by atoms with E-state index in [9.17, 15) is 9.59 Å². The molecule has 0 aliphatic carbocycles. The van der Waals surface area contributed by atoms with E-state index >= 15 is 0 Å². The van der Waals surface area contributed by atoms with Crippen molar-refractivity contribution in [1.29, 1.82) is 0 Å². The van der Waals surface area contributed by atoms with Gasteiger partial charge in [-0.25, -0.2) is 4.98 Å². The first-order valence-corrected chi connectivity index (χ1v) is 10.3. The summed E-state index contributed by atoms with van der Waals surface area (Å²) < 4.78 is 1.67. The molecule has 0 saturated carbocycles. The van der Waals surface area contributed by atoms with Gasteiger partial charge in [0.2, 0.25) is 5.91 Å². The van der Waals surface area contributed by atoms with Crippen molar-refractivity contribution < 1.29 is 4.79 Å². The van der Waals surface area contributed by atoms with Gasteiger partial charge in [-0.05, 0) is 58.2 Å². The summed E-state index contributed by atoms with van der Waals surface area (Å²) >= 11 is 7.42. The first kappa shape index (κ1) is 19.2. The topological polar surface area (TPSA) is 55.2 Å². The number of likely N-dealkylation sites (tertiary alicyclic amines) is 1. The zero-order valence-electron chi connectivity index (χ0n) is 15.4. The fourth-order valence-electron chi connectivity index (χ4n) is 3.27. The molecule has 140 valence electrons. The molecule has 0 bridgehead atoms. The molecular weight excluding hydrogens is 370 g/mol. The van der Waals surface area contributed by atoms with Crippen LogP contribution in [-0.4, -0.2) is 38.7 Å². The molecule has 26 heavy (non-hydrogen) atoms. The number of carbonyl (C=O) groups excluding carboxylic acids is 1. The smallest absolute Gasteiger partial charge is 0.262 e. The molecule has 1 amide bonds. The molecule has 0 unspecified atom stereocenters. The Bertz CT molecular complexity index is 875. The van der Waals surface area contributed by atoms with Crippen LogP contribution >= 0.6 is 23.4 Å². The van der Waals surface area contributed by atoms with Crippen molar-refractivity contribution in [1.82, 2.24) is 14.5 Å². The summed E-state index contributed by atoms with van der Waals surface area (Å²) in [6, 6.07) is 5.06. The average molecular weight is 394 g/mol. The van der Waals surface area contributed by atoms with Gasteiger partial charge in [0.15, 0.2) is 5.16 Å². The third-order valence-corrected chi connectivity index (χ3v) is 5.93. The molecule has 0 N–H and O–H groups in total. The van der Waals surface area contributed by atoms with Crippen LogP contribution in [0.5, 0.6) is 0 Å². The average Bonchev–Trinajstić information content (AvgIpc) is 2.61. The number of hydrogen-bond donors (Lipinski definition) is 0. The Morgan fingerprint density at radius 1 is 1.19 bits per heavy atom. The Morgan fingerprint density at radius 3 is 2.54 bits per heavy atom. The van der Waals surface area contributed by atoms with Crippen molar-refractivity contribution in [2.45, 2.75) is 56.5 Å². The minimum Gasteiger partial charge on any atom is -0.342 e. The molecule has 0 radical (unpaired) electrons. The molecule has 1 saturated heterocycles. The summed E-state index contributed by atoms with van der Waals surface area (Å²) in [5.41, 5.74) is 0.473. The highest BCUT2D eigenvalue weighted by Crippen LogP contribution is 2.27. The number of nitrogens with zero attached hydrogens (tertiary/aromatic N) is 3. The Labute approximate surface area is 162 Å². The Hall–Kier alpha value is -1.53. The number of thioether (sulfide) groups is 1. The molecule has 1 aliphatic rings. The molecule has 3 rings (SSSR count). The fourth-order valence-corrected chi connectivity index (χ4v) is 4.56. The highest BCUT2D eigenvalue weighted by atomic mass is 35.5. The Kier molecular flexibility index (Phi) is 5.92. The van der Waals surface area contributed by atoms with E-state index in [0.29, 0.717) is 21.1 Å². The number of aromatic nitrogens is 2. The lowest BCUT2D eigenvalue weighted by Crippen LogP contribution is -2.40. The van der Waals surface area contributed by atoms with Gasteiger partial charge in [0, 0.05) is 24.2 Å². The lowest BCUT2D eigenvalue weighted by atomic mass is 10.1. The number of rotatable bonds is 4. The van der Waals surface area contributed by atoms with Gasteiger partial charge in [0.25, 0.3) is 5.56 Å². The monoisotopic (exact) mass is 393 g/mol. The van der Waals surface area contributed by atoms with Crippen LogP contribution in [0, 0.1) is 0 Å². The predicted molar refractivity (Wildman–Crippen MR) is 107 cm³/mol. The van der Waals surface area contributed by atoms with Crippen LogP contribution in [0.25, 0.3) is 10.9 Å². The van der Waals surface area contributed by atoms with Crippen molar-refractivity contribution in [2.24, 2.45) is 0 Å². The lowest BCUT2D eigenvalue weighted by molar-refractivity contribution is -0.131. The molecular formula is C19H24ClN3O2S. The minimum absolute atomic E-state index is 0.0464. The maximum atomic E-state index is 12.9. The maximum Gasteiger partial charge on any atom is 0.262 e. The van der Waals surface area contributed by atoms with Crippen LogP contribution in [0.4, 0.5) is 0 Å². The van der Waals surface area contributed by atoms with Gasteiger partial charge in [-0.15, -0.1) is 0 Å². The first-order valence-electron chi connectivity index (χ1n) is 9.05. The second-order valence-corrected chi connectivity index (χ2v) is 8.72. The summed E-state index contributed by atoms with van der Waals surface area (Å²) in [5, 5.41) is 1.36. The quantitative estimate of drug-likeness (QED) is 0.579. The number of carbonyl (C=O) groups is 1. The SMILES string of the molecule is CC(C)n1c(S[C@@H](C)C(=O)N2CCCCC2)nc2cc(Cl)ccc2c1=O. The molecule has 5 nitrogen and oxygen atoms in total. The van der Waals surface area contributed by atoms with E-state index in [-0.39, 0.29) is 22.8 Å². The lowest BCUT2D eigenvalue weighted by Gasteiger charge is -2.29. The van der Waals surface area contributed by atoms with Crippen molar-refractivity contribution in [3.8, 4) is 0 Å². The predicted octanol–water partition coefficient (Wildman–Crippen LogP) is 4.12. The standard InChI is InChI=1S/C19H24ClN3O2S/c1-12(2)23-18(25)15-8-7-14(20)11-16(15)21-19(23)26-13(3)17(24)22-9-5-4-6-10-22/h7-8,11-13H,4-6,9-10H2,1-3H3/t13-/m0/s1. The van der Waals surface area contributed by atoms with Crippen LogP contribution in [0.1, 0.15) is 46.1 Å². The van der Waals surface area contributed by atoms with E-state index in [1.54, 1.807) is 22.8 Å². The normalized spacial score (nSPS) is 16.3. The van der Waals surface area contributed by atoms with Gasteiger partial charge in [0.1, 0.15) is 0 Å². The van der Waals surface area contributed by atoms with Crippen molar-refractivity contribution in [2.75, 3.05) is 13.1 Å². The Balaban J connectivity index is 1.96. The minimum atomic E-state index is -0.290. The van der Waals surface area contributed by atoms with E-state index < -0.39 is 0 Å². The summed E-state index contributed by atoms with van der Waals surface area (Å²) in [4.78, 5) is 32.3. The number of amides is 1. The van der Waals surface area contributed by atoms with Gasteiger partial charge in [-0.3, -0.25) is 14.2 Å². The van der Waals surface area contributed by atoms with Crippen LogP contribution in [0.3, 0.4) is 0 Å². The van der Waals surface area contributed by atoms with E-state index in [1.807, 2.05) is 25.7 Å². The van der Waals surface area contributed by atoms with Gasteiger partial charge in [-0.1, -0.05) is 23.4 Å². The number of halogens is 1. The zero-order valence-corrected chi connectivity index (χ0v) is 16.9. The van der Waals surface area contributed by atoms with Crippen LogP contribution in [0.15, 0.2) is 28.2 Å². The number of benzene rings is 1. The third kappa shape index (κ3) is 3.91. The van der Waals surface area contributed by atoms with Crippen molar-refractivity contribution in [3.05, 3.63) is 33.6 Å². The molecule has 1 aliphatic heterocycles.